The van der Waals surface area contributed by atoms with E-state index in [4.69, 9.17) is 4.74 Å². The number of carbonyl (C=O) groups excluding carboxylic acids is 2. The molecular formula is C21H22FN7O3. The lowest BCUT2D eigenvalue weighted by Gasteiger charge is -2.20. The molecule has 1 saturated heterocycles. The smallest absolute Gasteiger partial charge is 0.422 e. The number of imide groups is 1. The maximum absolute atomic E-state index is 14.9. The number of halogens is 1. The van der Waals surface area contributed by atoms with E-state index >= 15 is 0 Å². The number of carbonyl (C=O) groups is 2. The molecule has 1 aliphatic rings. The minimum absolute atomic E-state index is 0.122. The van der Waals surface area contributed by atoms with Crippen LogP contribution in [0.3, 0.4) is 0 Å². The molecule has 3 heterocycles. The molecule has 0 spiro atoms. The number of cyclic esters (lactones) is 1. The highest BCUT2D eigenvalue weighted by atomic mass is 19.1. The summed E-state index contributed by atoms with van der Waals surface area (Å²) < 4.78 is 20.2. The highest BCUT2D eigenvalue weighted by molar-refractivity contribution is 6.18. The highest BCUT2D eigenvalue weighted by Gasteiger charge is 2.42. The van der Waals surface area contributed by atoms with Gasteiger partial charge in [-0.05, 0) is 42.6 Å². The van der Waals surface area contributed by atoms with Crippen molar-refractivity contribution < 1.29 is 18.7 Å². The first kappa shape index (κ1) is 21.5. The molecule has 0 bridgehead atoms. The molecule has 4 rings (SSSR count). The summed E-state index contributed by atoms with van der Waals surface area (Å²) in [4.78, 5) is 33.5. The number of hydrogen-bond acceptors (Lipinski definition) is 8. The number of nitrogens with zero attached hydrogens (tertiary/aromatic N) is 7. The van der Waals surface area contributed by atoms with Crippen LogP contribution >= 0.6 is 0 Å². The minimum Gasteiger partial charge on any atom is -0.434 e. The van der Waals surface area contributed by atoms with Crippen molar-refractivity contribution in [1.29, 1.82) is 0 Å². The SMILES string of the molecule is CCN(CC)C[C@@H]1OC(=O)N(c2ccc(-c3ccc(-c4nnn(C)n4)nc3)c(F)c2)C1=O. The summed E-state index contributed by atoms with van der Waals surface area (Å²) in [6, 6.07) is 7.51. The summed E-state index contributed by atoms with van der Waals surface area (Å²) in [5.41, 5.74) is 1.43. The number of benzene rings is 1. The third-order valence-electron chi connectivity index (χ3n) is 5.26. The van der Waals surface area contributed by atoms with Gasteiger partial charge in [0.1, 0.15) is 11.5 Å². The molecule has 2 aromatic heterocycles. The zero-order valence-electron chi connectivity index (χ0n) is 17.9. The largest absolute Gasteiger partial charge is 0.434 e. The van der Waals surface area contributed by atoms with E-state index in [1.165, 1.54) is 23.1 Å². The third kappa shape index (κ3) is 4.06. The lowest BCUT2D eigenvalue weighted by Crippen LogP contribution is -2.38. The maximum atomic E-state index is 14.9. The molecule has 1 fully saturated rings. The number of likely N-dealkylation sites (N-methyl/N-ethyl adjacent to an activating group) is 1. The van der Waals surface area contributed by atoms with Crippen molar-refractivity contribution in [3.63, 3.8) is 0 Å². The van der Waals surface area contributed by atoms with E-state index in [-0.39, 0.29) is 11.3 Å². The summed E-state index contributed by atoms with van der Waals surface area (Å²) in [7, 11) is 1.65. The molecule has 1 atom stereocenters. The fourth-order valence-corrected chi connectivity index (χ4v) is 3.47. The average Bonchev–Trinajstić information content (AvgIpc) is 3.34. The summed E-state index contributed by atoms with van der Waals surface area (Å²) in [6.07, 6.45) is -0.211. The van der Waals surface area contributed by atoms with Gasteiger partial charge in [-0.25, -0.2) is 14.1 Å². The Morgan fingerprint density at radius 3 is 2.53 bits per heavy atom. The van der Waals surface area contributed by atoms with E-state index in [0.29, 0.717) is 23.6 Å². The quantitative estimate of drug-likeness (QED) is 0.552. The van der Waals surface area contributed by atoms with Gasteiger partial charge in [-0.15, -0.1) is 10.2 Å². The van der Waals surface area contributed by atoms with Crippen LogP contribution in [0.1, 0.15) is 13.8 Å². The fourth-order valence-electron chi connectivity index (χ4n) is 3.47. The molecule has 0 unspecified atom stereocenters. The van der Waals surface area contributed by atoms with Gasteiger partial charge in [0.15, 0.2) is 6.10 Å². The number of tetrazole rings is 1. The van der Waals surface area contributed by atoms with Gasteiger partial charge >= 0.3 is 6.09 Å². The number of aromatic nitrogens is 5. The van der Waals surface area contributed by atoms with Gasteiger partial charge in [-0.3, -0.25) is 14.7 Å². The van der Waals surface area contributed by atoms with Gasteiger partial charge in [0.2, 0.25) is 5.82 Å². The Morgan fingerprint density at radius 2 is 1.94 bits per heavy atom. The second-order valence-electron chi connectivity index (χ2n) is 7.23. The monoisotopic (exact) mass is 439 g/mol. The van der Waals surface area contributed by atoms with E-state index in [1.54, 1.807) is 19.2 Å². The van der Waals surface area contributed by atoms with Crippen LogP contribution in [0.25, 0.3) is 22.6 Å². The van der Waals surface area contributed by atoms with Crippen LogP contribution in [-0.4, -0.2) is 67.8 Å². The van der Waals surface area contributed by atoms with Crippen LogP contribution in [0, 0.1) is 5.82 Å². The molecule has 0 N–H and O–H groups in total. The van der Waals surface area contributed by atoms with Gasteiger partial charge in [0.25, 0.3) is 5.91 Å². The Labute approximate surface area is 183 Å². The molecule has 3 aromatic rings. The predicted octanol–water partition coefficient (Wildman–Crippen LogP) is 2.27. The Hall–Kier alpha value is -3.73. The number of pyridine rings is 1. The van der Waals surface area contributed by atoms with Gasteiger partial charge in [0.05, 0.1) is 12.7 Å². The first-order valence-corrected chi connectivity index (χ1v) is 10.2. The van der Waals surface area contributed by atoms with Crippen molar-refractivity contribution in [2.24, 2.45) is 7.05 Å². The van der Waals surface area contributed by atoms with Crippen molar-refractivity contribution in [1.82, 2.24) is 30.1 Å². The third-order valence-corrected chi connectivity index (χ3v) is 5.26. The fraction of sp³-hybridized carbons (Fsp3) is 0.333. The maximum Gasteiger partial charge on any atom is 0.422 e. The zero-order valence-corrected chi connectivity index (χ0v) is 17.9. The highest BCUT2D eigenvalue weighted by Crippen LogP contribution is 2.30. The second kappa shape index (κ2) is 8.79. The average molecular weight is 439 g/mol. The van der Waals surface area contributed by atoms with Crippen molar-refractivity contribution >= 4 is 17.7 Å². The van der Waals surface area contributed by atoms with Gasteiger partial charge in [0, 0.05) is 23.9 Å². The normalized spacial score (nSPS) is 16.2. The molecule has 32 heavy (non-hydrogen) atoms. The first-order valence-electron chi connectivity index (χ1n) is 10.2. The molecule has 0 saturated carbocycles. The first-order chi connectivity index (χ1) is 15.4. The number of ether oxygens (including phenoxy) is 1. The van der Waals surface area contributed by atoms with E-state index in [2.05, 4.69) is 20.4 Å². The molecule has 0 radical (unpaired) electrons. The molecule has 1 aromatic carbocycles. The van der Waals surface area contributed by atoms with Gasteiger partial charge in [-0.1, -0.05) is 19.9 Å². The molecule has 2 amide bonds. The lowest BCUT2D eigenvalue weighted by molar-refractivity contribution is -0.122. The second-order valence-corrected chi connectivity index (χ2v) is 7.23. The zero-order chi connectivity index (χ0) is 22.8. The van der Waals surface area contributed by atoms with E-state index < -0.39 is 23.9 Å². The van der Waals surface area contributed by atoms with Crippen molar-refractivity contribution in [2.45, 2.75) is 20.0 Å². The molecule has 166 valence electrons. The van der Waals surface area contributed by atoms with E-state index in [0.717, 1.165) is 24.1 Å². The van der Waals surface area contributed by atoms with Crippen LogP contribution in [0.5, 0.6) is 0 Å². The molecule has 10 nitrogen and oxygen atoms in total. The van der Waals surface area contributed by atoms with Crippen LogP contribution < -0.4 is 4.90 Å². The Kier molecular flexibility index (Phi) is 5.91. The van der Waals surface area contributed by atoms with Crippen molar-refractivity contribution in [3.05, 3.63) is 42.3 Å². The number of rotatable bonds is 7. The summed E-state index contributed by atoms with van der Waals surface area (Å²) >= 11 is 0. The Balaban J connectivity index is 1.54. The number of aryl methyl sites for hydroxylation is 1. The van der Waals surface area contributed by atoms with E-state index in [9.17, 15) is 14.0 Å². The molecular weight excluding hydrogens is 417 g/mol. The van der Waals surface area contributed by atoms with Gasteiger partial charge in [-0.2, -0.15) is 4.80 Å². The number of amides is 2. The van der Waals surface area contributed by atoms with Crippen LogP contribution in [0.4, 0.5) is 14.9 Å². The van der Waals surface area contributed by atoms with Crippen LogP contribution in [-0.2, 0) is 16.6 Å². The Morgan fingerprint density at radius 1 is 1.16 bits per heavy atom. The molecule has 0 aliphatic carbocycles. The number of hydrogen-bond donors (Lipinski definition) is 0. The van der Waals surface area contributed by atoms with Crippen LogP contribution in [0.15, 0.2) is 36.5 Å². The summed E-state index contributed by atoms with van der Waals surface area (Å²) in [6.45, 7) is 5.67. The van der Waals surface area contributed by atoms with Crippen molar-refractivity contribution in [2.75, 3.05) is 24.5 Å². The summed E-state index contributed by atoms with van der Waals surface area (Å²) in [5.74, 6) is -0.737. The van der Waals surface area contributed by atoms with Crippen LogP contribution in [0.2, 0.25) is 0 Å². The molecule has 11 heteroatoms. The number of anilines is 1. The Bertz CT molecular complexity index is 1140. The molecule has 1 aliphatic heterocycles. The lowest BCUT2D eigenvalue weighted by atomic mass is 10.1. The minimum atomic E-state index is -0.906. The van der Waals surface area contributed by atoms with E-state index in [1.807, 2.05) is 18.7 Å². The predicted molar refractivity (Wildman–Crippen MR) is 113 cm³/mol. The topological polar surface area (TPSA) is 106 Å². The van der Waals surface area contributed by atoms with Gasteiger partial charge < -0.3 is 4.74 Å². The summed E-state index contributed by atoms with van der Waals surface area (Å²) in [5, 5.41) is 11.7. The van der Waals surface area contributed by atoms with Crippen molar-refractivity contribution in [3.8, 4) is 22.6 Å². The standard InChI is InChI=1S/C21H22FN7O3/c1-4-28(5-2)12-18-20(30)29(21(31)32-18)14-7-8-15(16(22)10-14)13-6-9-17(23-11-13)19-24-26-27(3)25-19/h6-11,18H,4-5,12H2,1-3H3/t18-/m0/s1.